The van der Waals surface area contributed by atoms with Crippen LogP contribution in [0.2, 0.25) is 0 Å². The van der Waals surface area contributed by atoms with Crippen molar-refractivity contribution in [1.82, 2.24) is 4.90 Å². The lowest BCUT2D eigenvalue weighted by Crippen LogP contribution is -2.59. The SMILES string of the molecule is CC[C@H]1OC(=O)[C@H](C)[C@@H](OC2C[C@@](C)(OC)C[C@H](C)O2)[C@H](C)[C@@H](OC2O[C@H](C)C[C@H](N(C)C)[C@H]2O)[C@@]2(C)C[C@@H](C)[C@@H](O2)[C@H](C)[C@@H](O)[C@]1(C)O. The summed E-state index contributed by atoms with van der Waals surface area (Å²) in [5.74, 6) is -2.47. The summed E-state index contributed by atoms with van der Waals surface area (Å²) >= 11 is 0. The fourth-order valence-corrected chi connectivity index (χ4v) is 9.25. The number of hydrogen-bond donors (Lipinski definition) is 3. The van der Waals surface area contributed by atoms with Crippen LogP contribution in [-0.2, 0) is 38.0 Å². The minimum atomic E-state index is -1.75. The molecule has 0 saturated carbocycles. The Morgan fingerprint density at radius 3 is 2.16 bits per heavy atom. The normalized spacial score (nSPS) is 51.9. The second kappa shape index (κ2) is 15.6. The van der Waals surface area contributed by atoms with Gasteiger partial charge in [0.15, 0.2) is 12.6 Å². The van der Waals surface area contributed by atoms with Crippen LogP contribution in [0, 0.1) is 23.7 Å². The quantitative estimate of drug-likeness (QED) is 0.333. The van der Waals surface area contributed by atoms with Gasteiger partial charge in [-0.25, -0.2) is 0 Å². The van der Waals surface area contributed by atoms with Gasteiger partial charge >= 0.3 is 5.97 Å². The molecule has 0 radical (unpaired) electrons. The van der Waals surface area contributed by atoms with Gasteiger partial charge in [-0.1, -0.05) is 27.7 Å². The summed E-state index contributed by atoms with van der Waals surface area (Å²) < 4.78 is 45.3. The third-order valence-electron chi connectivity index (χ3n) is 12.1. The first-order valence-electron chi connectivity index (χ1n) is 18.5. The fourth-order valence-electron chi connectivity index (χ4n) is 9.25. The molecule has 4 saturated heterocycles. The molecule has 0 aliphatic carbocycles. The van der Waals surface area contributed by atoms with E-state index in [9.17, 15) is 20.1 Å². The average molecular weight is 702 g/mol. The Morgan fingerprint density at radius 1 is 0.918 bits per heavy atom. The lowest BCUT2D eigenvalue weighted by atomic mass is 9.76. The van der Waals surface area contributed by atoms with Crippen molar-refractivity contribution in [1.29, 1.82) is 0 Å². The second-order valence-electron chi connectivity index (χ2n) is 16.8. The zero-order valence-electron chi connectivity index (χ0n) is 32.3. The molecule has 2 unspecified atom stereocenters. The molecule has 0 aromatic carbocycles. The van der Waals surface area contributed by atoms with Gasteiger partial charge in [-0.2, -0.15) is 0 Å². The van der Waals surface area contributed by atoms with E-state index in [-0.39, 0.29) is 24.2 Å². The first kappa shape index (κ1) is 40.8. The van der Waals surface area contributed by atoms with Crippen molar-refractivity contribution in [3.8, 4) is 0 Å². The van der Waals surface area contributed by atoms with Crippen molar-refractivity contribution in [3.05, 3.63) is 0 Å². The fraction of sp³-hybridized carbons (Fsp3) is 0.973. The molecule has 0 aromatic heterocycles. The average Bonchev–Trinajstić information content (AvgIpc) is 3.34. The zero-order valence-corrected chi connectivity index (χ0v) is 32.3. The highest BCUT2D eigenvalue weighted by Crippen LogP contribution is 2.48. The monoisotopic (exact) mass is 701 g/mol. The molecule has 286 valence electrons. The Bertz CT molecular complexity index is 1110. The van der Waals surface area contributed by atoms with Gasteiger partial charge in [0, 0.05) is 37.8 Å². The number of rotatable bonds is 7. The van der Waals surface area contributed by atoms with Gasteiger partial charge in [-0.15, -0.1) is 0 Å². The number of ether oxygens (including phenoxy) is 7. The van der Waals surface area contributed by atoms with Crippen molar-refractivity contribution in [2.45, 2.75) is 186 Å². The number of methoxy groups -OCH3 is 1. The lowest BCUT2D eigenvalue weighted by Gasteiger charge is -2.48. The smallest absolute Gasteiger partial charge is 0.311 e. The molecular weight excluding hydrogens is 634 g/mol. The van der Waals surface area contributed by atoms with Crippen LogP contribution in [0.25, 0.3) is 0 Å². The maximum Gasteiger partial charge on any atom is 0.311 e. The Kier molecular flexibility index (Phi) is 13.0. The van der Waals surface area contributed by atoms with Crippen LogP contribution in [0.15, 0.2) is 0 Å². The number of carbonyl (C=O) groups excluding carboxylic acids is 1. The maximum absolute atomic E-state index is 14.1. The van der Waals surface area contributed by atoms with E-state index in [4.69, 9.17) is 33.2 Å². The third-order valence-corrected chi connectivity index (χ3v) is 12.1. The van der Waals surface area contributed by atoms with Gasteiger partial charge in [0.05, 0.1) is 53.7 Å². The minimum absolute atomic E-state index is 0.0262. The molecule has 49 heavy (non-hydrogen) atoms. The van der Waals surface area contributed by atoms with Crippen molar-refractivity contribution >= 4 is 5.97 Å². The largest absolute Gasteiger partial charge is 0.459 e. The maximum atomic E-state index is 14.1. The van der Waals surface area contributed by atoms with Gasteiger partial charge < -0.3 is 53.4 Å². The van der Waals surface area contributed by atoms with Crippen LogP contribution in [0.5, 0.6) is 0 Å². The van der Waals surface area contributed by atoms with Crippen molar-refractivity contribution in [2.75, 3.05) is 21.2 Å². The van der Waals surface area contributed by atoms with Gasteiger partial charge in [0.1, 0.15) is 17.8 Å². The molecule has 0 aromatic rings. The summed E-state index contributed by atoms with van der Waals surface area (Å²) in [5, 5.41) is 35.0. The van der Waals surface area contributed by atoms with Gasteiger partial charge in [-0.05, 0) is 80.8 Å². The molecule has 18 atom stereocenters. The number of hydrogen-bond acceptors (Lipinski definition) is 12. The van der Waals surface area contributed by atoms with Crippen molar-refractivity contribution in [2.24, 2.45) is 23.7 Å². The number of cyclic esters (lactones) is 1. The number of carbonyl (C=O) groups is 1. The number of nitrogens with zero attached hydrogens (tertiary/aromatic N) is 1. The number of aliphatic hydroxyl groups is 3. The van der Waals surface area contributed by atoms with Crippen LogP contribution in [0.4, 0.5) is 0 Å². The Morgan fingerprint density at radius 2 is 1.57 bits per heavy atom. The van der Waals surface area contributed by atoms with Crippen LogP contribution in [-0.4, -0.2) is 132 Å². The summed E-state index contributed by atoms with van der Waals surface area (Å²) in [7, 11) is 5.54. The van der Waals surface area contributed by atoms with E-state index in [1.54, 1.807) is 14.0 Å². The summed E-state index contributed by atoms with van der Waals surface area (Å²) in [6.45, 7) is 19.0. The molecular formula is C37H67NO11. The predicted molar refractivity (Wildman–Crippen MR) is 183 cm³/mol. The molecule has 2 bridgehead atoms. The standard InChI is InChI=1S/C37H67NO11/c1-14-26-37(10,42)31(40)22(5)29-19(2)16-36(9,49-29)32(48-34-28(39)25(38(11)12)15-20(3)45-34)23(6)30(24(7)33(41)46-26)47-27-18-35(8,43-13)17-21(4)44-27/h19-32,34,39-40,42H,14-18H2,1-13H3/t19-,20-,21+,22+,23+,24-,25+,26-,27?,28-,29-,30+,31-,32-,34?,35+,36-,37-/m1/s1. The van der Waals surface area contributed by atoms with Gasteiger partial charge in [0.25, 0.3) is 0 Å². The number of esters is 1. The third kappa shape index (κ3) is 8.50. The van der Waals surface area contributed by atoms with E-state index in [2.05, 4.69) is 6.92 Å². The Balaban J connectivity index is 1.83. The summed E-state index contributed by atoms with van der Waals surface area (Å²) in [5.41, 5.74) is -3.20. The molecule has 12 nitrogen and oxygen atoms in total. The number of aliphatic hydroxyl groups excluding tert-OH is 2. The molecule has 4 heterocycles. The summed E-state index contributed by atoms with van der Waals surface area (Å²) in [4.78, 5) is 16.1. The van der Waals surface area contributed by atoms with Crippen LogP contribution in [0.1, 0.15) is 101 Å². The Hall–Kier alpha value is -0.930. The lowest BCUT2D eigenvalue weighted by molar-refractivity contribution is -0.311. The van der Waals surface area contributed by atoms with Crippen molar-refractivity contribution < 1.29 is 53.3 Å². The first-order valence-corrected chi connectivity index (χ1v) is 18.5. The van der Waals surface area contributed by atoms with Gasteiger partial charge in [-0.3, -0.25) is 4.79 Å². The molecule has 0 spiro atoms. The molecule has 4 fully saturated rings. The van der Waals surface area contributed by atoms with E-state index < -0.39 is 89.7 Å². The van der Waals surface area contributed by atoms with E-state index in [0.29, 0.717) is 32.1 Å². The highest BCUT2D eigenvalue weighted by atomic mass is 16.7. The second-order valence-corrected chi connectivity index (χ2v) is 16.8. The predicted octanol–water partition coefficient (Wildman–Crippen LogP) is 3.65. The van der Waals surface area contributed by atoms with E-state index in [1.165, 1.54) is 6.92 Å². The minimum Gasteiger partial charge on any atom is -0.459 e. The van der Waals surface area contributed by atoms with Crippen LogP contribution < -0.4 is 0 Å². The first-order chi connectivity index (χ1) is 22.7. The topological polar surface area (TPSA) is 146 Å². The number of likely N-dealkylation sites (N-methyl/N-ethyl adjacent to an activating group) is 1. The summed E-state index contributed by atoms with van der Waals surface area (Å²) in [6, 6.07) is -0.198. The Labute approximate surface area is 294 Å². The van der Waals surface area contributed by atoms with Gasteiger partial charge in [0.2, 0.25) is 0 Å². The van der Waals surface area contributed by atoms with Crippen molar-refractivity contribution in [3.63, 3.8) is 0 Å². The molecule has 4 rings (SSSR count). The van der Waals surface area contributed by atoms with E-state index >= 15 is 0 Å². The highest BCUT2D eigenvalue weighted by Gasteiger charge is 2.57. The number of fused-ring (bicyclic) bond motifs is 2. The highest BCUT2D eigenvalue weighted by molar-refractivity contribution is 5.73. The molecule has 12 heteroatoms. The summed E-state index contributed by atoms with van der Waals surface area (Å²) in [6.07, 6.45) is -4.58. The zero-order chi connectivity index (χ0) is 36.8. The van der Waals surface area contributed by atoms with E-state index in [1.807, 2.05) is 67.5 Å². The molecule has 0 amide bonds. The molecule has 4 aliphatic heterocycles. The van der Waals surface area contributed by atoms with Crippen LogP contribution in [0.3, 0.4) is 0 Å². The molecule has 4 aliphatic rings. The van der Waals surface area contributed by atoms with Crippen LogP contribution >= 0.6 is 0 Å². The molecule has 3 N–H and O–H groups in total. The van der Waals surface area contributed by atoms with E-state index in [0.717, 1.165) is 0 Å².